The number of rotatable bonds is 9. The Morgan fingerprint density at radius 3 is 2.52 bits per heavy atom. The summed E-state index contributed by atoms with van der Waals surface area (Å²) in [6, 6.07) is 0. The molecule has 13 heteroatoms. The quantitative estimate of drug-likeness (QED) is 0.406. The van der Waals surface area contributed by atoms with Gasteiger partial charge in [0.2, 0.25) is 0 Å². The van der Waals surface area contributed by atoms with Crippen molar-refractivity contribution < 1.29 is 38.2 Å². The van der Waals surface area contributed by atoms with Crippen LogP contribution < -0.4 is 16.1 Å². The first-order valence-corrected chi connectivity index (χ1v) is 10.5. The lowest BCUT2D eigenvalue weighted by Crippen LogP contribution is -2.41. The predicted octanol–water partition coefficient (Wildman–Crippen LogP) is -1.01. The van der Waals surface area contributed by atoms with Gasteiger partial charge < -0.3 is 33.6 Å². The third kappa shape index (κ3) is 6.06. The van der Waals surface area contributed by atoms with Crippen molar-refractivity contribution in [1.29, 1.82) is 0 Å². The van der Waals surface area contributed by atoms with Crippen LogP contribution in [-0.4, -0.2) is 56.9 Å². The summed E-state index contributed by atoms with van der Waals surface area (Å²) in [5, 5.41) is 19.9. The first kappa shape index (κ1) is 23.9. The fourth-order valence-corrected chi connectivity index (χ4v) is 3.75. The van der Waals surface area contributed by atoms with Crippen LogP contribution in [0, 0.1) is 0 Å². The highest BCUT2D eigenvalue weighted by atomic mass is 31.2. The van der Waals surface area contributed by atoms with E-state index in [0.29, 0.717) is 0 Å². The van der Waals surface area contributed by atoms with E-state index in [9.17, 15) is 29.3 Å². The van der Waals surface area contributed by atoms with Crippen molar-refractivity contribution in [2.24, 2.45) is 0 Å². The molecule has 1 fully saturated rings. The molecule has 0 radical (unpaired) electrons. The van der Waals surface area contributed by atoms with Crippen molar-refractivity contribution in [3.63, 3.8) is 0 Å². The number of nitrogens with zero attached hydrogens (tertiary/aromatic N) is 1. The normalized spacial score (nSPS) is 26.9. The molecule has 12 nitrogen and oxygen atoms in total. The molecule has 0 amide bonds. The summed E-state index contributed by atoms with van der Waals surface area (Å²) in [5.41, 5.74) is -1.76. The minimum atomic E-state index is -4.62. The Morgan fingerprint density at radius 1 is 1.31 bits per heavy atom. The highest BCUT2D eigenvalue weighted by Crippen LogP contribution is 2.41. The molecule has 0 aromatic carbocycles. The molecule has 1 aromatic rings. The van der Waals surface area contributed by atoms with Gasteiger partial charge in [-0.3, -0.25) is 18.9 Å². The number of phosphoric ester groups is 1. The van der Waals surface area contributed by atoms with Gasteiger partial charge in [0.05, 0.1) is 31.0 Å². The van der Waals surface area contributed by atoms with Gasteiger partial charge in [-0.1, -0.05) is 0 Å². The summed E-state index contributed by atoms with van der Waals surface area (Å²) >= 11 is 0. The molecule has 1 aliphatic rings. The Morgan fingerprint density at radius 2 is 1.97 bits per heavy atom. The molecule has 1 aliphatic heterocycles. The number of aromatic nitrogens is 2. The van der Waals surface area contributed by atoms with Gasteiger partial charge in [0.25, 0.3) is 13.4 Å². The molecule has 29 heavy (non-hydrogen) atoms. The lowest BCUT2D eigenvalue weighted by Gasteiger charge is -2.28. The molecule has 0 aliphatic carbocycles. The number of nitrogens with one attached hydrogen (secondary N) is 1. The molecule has 0 bridgehead atoms. The van der Waals surface area contributed by atoms with Crippen molar-refractivity contribution in [2.75, 3.05) is 6.61 Å². The number of hydrogen-bond acceptors (Lipinski definition) is 10. The van der Waals surface area contributed by atoms with Crippen molar-refractivity contribution in [3.05, 3.63) is 32.6 Å². The number of H-pyrrole nitrogens is 1. The van der Waals surface area contributed by atoms with E-state index in [1.165, 1.54) is 13.8 Å². The van der Waals surface area contributed by atoms with E-state index in [0.717, 1.165) is 10.8 Å². The van der Waals surface area contributed by atoms with E-state index < -0.39 is 62.9 Å². The summed E-state index contributed by atoms with van der Waals surface area (Å²) < 4.78 is 33.6. The second-order valence-corrected chi connectivity index (χ2v) is 8.44. The van der Waals surface area contributed by atoms with Gasteiger partial charge in [-0.15, -0.1) is 0 Å². The van der Waals surface area contributed by atoms with Crippen molar-refractivity contribution in [1.82, 2.24) is 9.55 Å². The van der Waals surface area contributed by atoms with Gasteiger partial charge in [0, 0.05) is 6.20 Å². The Labute approximate surface area is 166 Å². The summed E-state index contributed by atoms with van der Waals surface area (Å²) in [4.78, 5) is 37.7. The largest absolute Gasteiger partial charge is 0.756 e. The lowest BCUT2D eigenvalue weighted by atomic mass is 10.1. The van der Waals surface area contributed by atoms with E-state index in [1.54, 1.807) is 13.8 Å². The zero-order chi connectivity index (χ0) is 21.9. The minimum absolute atomic E-state index is 0.115. The van der Waals surface area contributed by atoms with Crippen LogP contribution in [0.1, 0.15) is 39.5 Å². The Hall–Kier alpha value is -1.37. The molecule has 0 saturated carbocycles. The van der Waals surface area contributed by atoms with Crippen LogP contribution in [0.5, 0.6) is 0 Å². The lowest BCUT2D eigenvalue weighted by molar-refractivity contribution is -0.231. The molecule has 166 valence electrons. The molecular weight excluding hydrogens is 411 g/mol. The second kappa shape index (κ2) is 9.63. The van der Waals surface area contributed by atoms with Gasteiger partial charge in [0.1, 0.15) is 18.3 Å². The number of phosphoric acid groups is 1. The van der Waals surface area contributed by atoms with Crippen molar-refractivity contribution >= 4 is 7.82 Å². The standard InChI is InChI=1S/C16H27N2O10P/c1-8(2)26-13-11(7-25-29(23,24)28-9(3)4)27-15(12(13)20)18-5-10(6-19)14(21)17-16(18)22/h5,8-9,11-13,15,19-20H,6-7H2,1-4H3,(H,23,24)(H,17,21,22)/p-1/t11-,12+,13?,15-/m1/s1. The van der Waals surface area contributed by atoms with Crippen LogP contribution in [-0.2, 0) is 29.7 Å². The summed E-state index contributed by atoms with van der Waals surface area (Å²) in [5.74, 6) is 0. The van der Waals surface area contributed by atoms with Gasteiger partial charge in [-0.05, 0) is 27.7 Å². The zero-order valence-corrected chi connectivity index (χ0v) is 17.4. The number of aromatic amines is 1. The predicted molar refractivity (Wildman–Crippen MR) is 97.0 cm³/mol. The van der Waals surface area contributed by atoms with Crippen LogP contribution in [0.15, 0.2) is 15.8 Å². The van der Waals surface area contributed by atoms with Crippen LogP contribution >= 0.6 is 7.82 Å². The molecule has 3 N–H and O–H groups in total. The van der Waals surface area contributed by atoms with E-state index in [1.807, 2.05) is 4.98 Å². The molecule has 2 unspecified atom stereocenters. The van der Waals surface area contributed by atoms with Gasteiger partial charge >= 0.3 is 5.69 Å². The fourth-order valence-electron chi connectivity index (χ4n) is 2.85. The third-order valence-electron chi connectivity index (χ3n) is 3.96. The average molecular weight is 437 g/mol. The summed E-state index contributed by atoms with van der Waals surface area (Å²) in [7, 11) is -4.62. The molecule has 2 heterocycles. The van der Waals surface area contributed by atoms with E-state index >= 15 is 0 Å². The third-order valence-corrected chi connectivity index (χ3v) is 5.11. The number of hydrogen-bond donors (Lipinski definition) is 3. The Bertz CT molecular complexity index is 851. The highest BCUT2D eigenvalue weighted by molar-refractivity contribution is 7.45. The zero-order valence-electron chi connectivity index (χ0n) is 16.5. The minimum Gasteiger partial charge on any atom is -0.756 e. The van der Waals surface area contributed by atoms with Gasteiger partial charge in [-0.2, -0.15) is 0 Å². The maximum atomic E-state index is 12.2. The average Bonchev–Trinajstić information content (AvgIpc) is 2.88. The van der Waals surface area contributed by atoms with Crippen LogP contribution in [0.25, 0.3) is 0 Å². The molecule has 1 aromatic heterocycles. The monoisotopic (exact) mass is 437 g/mol. The molecule has 5 atom stereocenters. The number of ether oxygens (including phenoxy) is 2. The Kier molecular flexibility index (Phi) is 7.93. The van der Waals surface area contributed by atoms with Crippen molar-refractivity contribution in [3.8, 4) is 0 Å². The van der Waals surface area contributed by atoms with E-state index in [-0.39, 0.29) is 11.7 Å². The molecule has 0 spiro atoms. The SMILES string of the molecule is CC(C)OC1[C@@H](COP(=O)([O-])OC(C)C)O[C@@H](n2cc(CO)c(=O)[nH]c2=O)[C@H]1O. The first-order chi connectivity index (χ1) is 13.4. The highest BCUT2D eigenvalue weighted by Gasteiger charge is 2.47. The second-order valence-electron chi connectivity index (χ2n) is 7.08. The number of aliphatic hydroxyl groups excluding tert-OH is 2. The van der Waals surface area contributed by atoms with Gasteiger partial charge in [0.15, 0.2) is 6.23 Å². The van der Waals surface area contributed by atoms with Gasteiger partial charge in [-0.25, -0.2) is 4.79 Å². The number of aliphatic hydroxyl groups is 2. The van der Waals surface area contributed by atoms with E-state index in [2.05, 4.69) is 0 Å². The van der Waals surface area contributed by atoms with E-state index in [4.69, 9.17) is 18.5 Å². The maximum Gasteiger partial charge on any atom is 0.330 e. The summed E-state index contributed by atoms with van der Waals surface area (Å²) in [6.07, 6.45) is -4.71. The molecular formula is C16H26N2O10P-. The van der Waals surface area contributed by atoms with Crippen LogP contribution in [0.2, 0.25) is 0 Å². The van der Waals surface area contributed by atoms with Crippen LogP contribution in [0.3, 0.4) is 0 Å². The smallest absolute Gasteiger partial charge is 0.330 e. The van der Waals surface area contributed by atoms with Crippen molar-refractivity contribution in [2.45, 2.75) is 71.0 Å². The molecule has 1 saturated heterocycles. The topological polar surface area (TPSA) is 172 Å². The van der Waals surface area contributed by atoms with Crippen LogP contribution in [0.4, 0.5) is 0 Å². The Balaban J connectivity index is 2.28. The maximum absolute atomic E-state index is 12.2. The fraction of sp³-hybridized carbons (Fsp3) is 0.750. The first-order valence-electron chi connectivity index (χ1n) is 9.03. The molecule has 2 rings (SSSR count). The summed E-state index contributed by atoms with van der Waals surface area (Å²) in [6.45, 7) is 5.28.